The number of hydrogen-bond donors (Lipinski definition) is 1. The third-order valence-corrected chi connectivity index (χ3v) is 7.12. The van der Waals surface area contributed by atoms with Crippen molar-refractivity contribution in [1.82, 2.24) is 4.90 Å². The van der Waals surface area contributed by atoms with Crippen LogP contribution in [0.5, 0.6) is 0 Å². The fourth-order valence-electron chi connectivity index (χ4n) is 3.68. The minimum atomic E-state index is -4.47. The number of rotatable bonds is 6. The third kappa shape index (κ3) is 4.41. The van der Waals surface area contributed by atoms with Crippen LogP contribution in [0.1, 0.15) is 32.6 Å². The van der Waals surface area contributed by atoms with Crippen molar-refractivity contribution in [2.24, 2.45) is 11.7 Å². The fraction of sp³-hybridized carbons (Fsp3) is 0.706. The van der Waals surface area contributed by atoms with Gasteiger partial charge in [-0.2, -0.15) is 13.2 Å². The van der Waals surface area contributed by atoms with Crippen LogP contribution < -0.4 is 5.73 Å². The molecule has 0 aromatic heterocycles. The molecule has 0 aromatic carbocycles. The minimum absolute atomic E-state index is 0.0401. The van der Waals surface area contributed by atoms with E-state index in [0.29, 0.717) is 5.57 Å². The van der Waals surface area contributed by atoms with Crippen LogP contribution in [0, 0.1) is 5.92 Å². The van der Waals surface area contributed by atoms with E-state index < -0.39 is 33.6 Å². The molecule has 0 radical (unpaired) electrons. The molecule has 3 aliphatic rings. The van der Waals surface area contributed by atoms with Crippen LogP contribution in [-0.4, -0.2) is 55.1 Å². The number of nitrogens with zero attached hydrogens (tertiary/aromatic N) is 1. The van der Waals surface area contributed by atoms with Crippen LogP contribution in [0.15, 0.2) is 23.6 Å². The van der Waals surface area contributed by atoms with E-state index in [0.717, 1.165) is 19.8 Å². The smallest absolute Gasteiger partial charge is 0.425 e. The molecule has 2 N–H and O–H groups in total. The van der Waals surface area contributed by atoms with Gasteiger partial charge in [-0.05, 0) is 38.2 Å². The van der Waals surface area contributed by atoms with Gasteiger partial charge in [-0.3, -0.25) is 4.79 Å². The van der Waals surface area contributed by atoms with Crippen molar-refractivity contribution in [3.63, 3.8) is 0 Å². The van der Waals surface area contributed by atoms with Gasteiger partial charge in [0.2, 0.25) is 5.91 Å². The number of primary amides is 1. The van der Waals surface area contributed by atoms with Crippen molar-refractivity contribution in [3.05, 3.63) is 23.6 Å². The van der Waals surface area contributed by atoms with Gasteiger partial charge in [0.05, 0.1) is 23.5 Å². The lowest BCUT2D eigenvalue weighted by Gasteiger charge is -2.41. The second-order valence-corrected chi connectivity index (χ2v) is 9.77. The predicted octanol–water partition coefficient (Wildman–Crippen LogP) is 1.88. The highest BCUT2D eigenvalue weighted by atomic mass is 32.2. The van der Waals surface area contributed by atoms with Gasteiger partial charge in [0, 0.05) is 18.3 Å². The molecule has 0 bridgehead atoms. The maximum atomic E-state index is 12.9. The molecule has 6 nitrogen and oxygen atoms in total. The lowest BCUT2D eigenvalue weighted by molar-refractivity contribution is -0.202. The molecular formula is C17H23F3N2O4S. The van der Waals surface area contributed by atoms with E-state index in [-0.39, 0.29) is 42.6 Å². The second kappa shape index (κ2) is 6.72. The molecule has 1 amide bonds. The largest absolute Gasteiger partial charge is 0.481 e. The number of halogens is 3. The molecule has 3 rings (SSSR count). The Morgan fingerprint density at radius 2 is 2.11 bits per heavy atom. The van der Waals surface area contributed by atoms with Gasteiger partial charge >= 0.3 is 6.18 Å². The van der Waals surface area contributed by atoms with Gasteiger partial charge in [-0.25, -0.2) is 8.42 Å². The summed E-state index contributed by atoms with van der Waals surface area (Å²) < 4.78 is 67.9. The summed E-state index contributed by atoms with van der Waals surface area (Å²) in [7, 11) is -3.30. The summed E-state index contributed by atoms with van der Waals surface area (Å²) in [6.45, 7) is 1.12. The minimum Gasteiger partial charge on any atom is -0.481 e. The average Bonchev–Trinajstić information content (AvgIpc) is 3.31. The lowest BCUT2D eigenvalue weighted by atomic mass is 9.90. The van der Waals surface area contributed by atoms with Crippen molar-refractivity contribution in [2.45, 2.75) is 50.4 Å². The molecule has 2 heterocycles. The molecule has 1 unspecified atom stereocenters. The molecule has 10 heteroatoms. The van der Waals surface area contributed by atoms with E-state index >= 15 is 0 Å². The van der Waals surface area contributed by atoms with E-state index in [9.17, 15) is 26.4 Å². The number of nitrogens with two attached hydrogens (primary N) is 1. The second-order valence-electron chi connectivity index (χ2n) is 7.59. The van der Waals surface area contributed by atoms with Crippen molar-refractivity contribution >= 4 is 15.7 Å². The Labute approximate surface area is 156 Å². The van der Waals surface area contributed by atoms with E-state index in [1.807, 2.05) is 0 Å². The van der Waals surface area contributed by atoms with Crippen LogP contribution in [0.25, 0.3) is 0 Å². The van der Waals surface area contributed by atoms with E-state index in [4.69, 9.17) is 10.5 Å². The summed E-state index contributed by atoms with van der Waals surface area (Å²) in [6.07, 6.45) is -1.38. The number of allylic oxidation sites excluding steroid dienone is 1. The zero-order chi connectivity index (χ0) is 20.0. The predicted molar refractivity (Wildman–Crippen MR) is 92.0 cm³/mol. The van der Waals surface area contributed by atoms with Crippen LogP contribution in [0.4, 0.5) is 13.2 Å². The first-order valence-corrected chi connectivity index (χ1v) is 10.7. The number of carbonyl (C=O) groups excluding carboxylic acids is 1. The van der Waals surface area contributed by atoms with E-state index in [1.54, 1.807) is 17.2 Å². The topological polar surface area (TPSA) is 89.7 Å². The Hall–Kier alpha value is -1.71. The number of amides is 1. The van der Waals surface area contributed by atoms with Crippen molar-refractivity contribution in [2.75, 3.05) is 18.1 Å². The van der Waals surface area contributed by atoms with Gasteiger partial charge in [0.1, 0.15) is 5.76 Å². The van der Waals surface area contributed by atoms with Crippen molar-refractivity contribution in [3.8, 4) is 0 Å². The first-order valence-electron chi connectivity index (χ1n) is 8.83. The van der Waals surface area contributed by atoms with Crippen LogP contribution in [-0.2, 0) is 19.4 Å². The molecule has 27 heavy (non-hydrogen) atoms. The van der Waals surface area contributed by atoms with Gasteiger partial charge in [0.25, 0.3) is 0 Å². The molecule has 1 saturated carbocycles. The Morgan fingerprint density at radius 1 is 1.44 bits per heavy atom. The highest BCUT2D eigenvalue weighted by Gasteiger charge is 2.48. The van der Waals surface area contributed by atoms with Gasteiger partial charge in [0.15, 0.2) is 15.9 Å². The summed E-state index contributed by atoms with van der Waals surface area (Å²) in [5.74, 6) is -0.566. The number of ether oxygens (including phenoxy) is 1. The molecule has 2 fully saturated rings. The van der Waals surface area contributed by atoms with Crippen LogP contribution >= 0.6 is 0 Å². The molecule has 152 valence electrons. The van der Waals surface area contributed by atoms with Gasteiger partial charge in [-0.15, -0.1) is 0 Å². The Balaban J connectivity index is 1.87. The van der Waals surface area contributed by atoms with Crippen LogP contribution in [0.3, 0.4) is 0 Å². The maximum absolute atomic E-state index is 12.9. The number of carbonyl (C=O) groups is 1. The molecule has 0 spiro atoms. The monoisotopic (exact) mass is 408 g/mol. The number of sulfone groups is 1. The molecule has 2 atom stereocenters. The first-order chi connectivity index (χ1) is 12.4. The summed E-state index contributed by atoms with van der Waals surface area (Å²) in [5.41, 5.74) is 5.03. The Morgan fingerprint density at radius 3 is 2.59 bits per heavy atom. The van der Waals surface area contributed by atoms with Crippen molar-refractivity contribution in [1.29, 1.82) is 0 Å². The first kappa shape index (κ1) is 20.0. The van der Waals surface area contributed by atoms with Gasteiger partial charge < -0.3 is 15.4 Å². The van der Waals surface area contributed by atoms with Crippen LogP contribution in [0.2, 0.25) is 0 Å². The Bertz CT molecular complexity index is 786. The van der Waals surface area contributed by atoms with Gasteiger partial charge in [-0.1, -0.05) is 0 Å². The summed E-state index contributed by atoms with van der Waals surface area (Å²) >= 11 is 0. The maximum Gasteiger partial charge on any atom is 0.425 e. The summed E-state index contributed by atoms with van der Waals surface area (Å²) in [5, 5.41) is 0. The zero-order valence-corrected chi connectivity index (χ0v) is 15.8. The zero-order valence-electron chi connectivity index (χ0n) is 15.0. The number of hydrogen-bond acceptors (Lipinski definition) is 5. The molecule has 2 aliphatic heterocycles. The average molecular weight is 408 g/mol. The summed E-state index contributed by atoms with van der Waals surface area (Å²) in [6, 6.07) is 0. The highest BCUT2D eigenvalue weighted by molar-refractivity contribution is 7.91. The lowest BCUT2D eigenvalue weighted by Crippen LogP contribution is -2.50. The number of alkyl halides is 3. The van der Waals surface area contributed by atoms with Crippen molar-refractivity contribution < 1.29 is 31.1 Å². The molecule has 1 saturated heterocycles. The molecule has 1 aliphatic carbocycles. The molecular weight excluding hydrogens is 385 g/mol. The fourth-order valence-corrected chi connectivity index (χ4v) is 5.75. The Kier molecular flexibility index (Phi) is 4.98. The molecule has 0 aromatic rings. The third-order valence-electron chi connectivity index (χ3n) is 5.31. The normalized spacial score (nSPS) is 29.1. The highest BCUT2D eigenvalue weighted by Crippen LogP contribution is 2.45. The standard InChI is InChI=1S/C17H23F3N2O4S/c1-11(17(18,19)20)26-14-4-6-22(9-13(14)12-2-3-12)16(8-15(21)23)5-7-27(24,25)10-16/h4,9,11-12H,2-3,5-8,10H2,1H3,(H2,21,23)/t11-,16?/m0/s1. The quantitative estimate of drug-likeness (QED) is 0.725. The van der Waals surface area contributed by atoms with E-state index in [2.05, 4.69) is 0 Å². The van der Waals surface area contributed by atoms with E-state index in [1.165, 1.54) is 0 Å². The SMILES string of the molecule is C[C@H](OC1=CCN(C2(CC(N)=O)CCS(=O)(=O)C2)C=C1C1CC1)C(F)(F)F. The summed E-state index contributed by atoms with van der Waals surface area (Å²) in [4.78, 5) is 13.3.